The van der Waals surface area contributed by atoms with Crippen LogP contribution in [0.3, 0.4) is 0 Å². The summed E-state index contributed by atoms with van der Waals surface area (Å²) >= 11 is 3.55. The Kier molecular flexibility index (Phi) is 5.49. The summed E-state index contributed by atoms with van der Waals surface area (Å²) < 4.78 is 12.0. The van der Waals surface area contributed by atoms with Gasteiger partial charge in [0.15, 0.2) is 5.75 Å². The van der Waals surface area contributed by atoms with E-state index in [1.165, 1.54) is 0 Å². The van der Waals surface area contributed by atoms with Gasteiger partial charge >= 0.3 is 0 Å². The van der Waals surface area contributed by atoms with Gasteiger partial charge in [0.2, 0.25) is 0 Å². The molecule has 3 rings (SSSR count). The predicted octanol–water partition coefficient (Wildman–Crippen LogP) is 4.67. The summed E-state index contributed by atoms with van der Waals surface area (Å²) in [6, 6.07) is 17.0. The van der Waals surface area contributed by atoms with Crippen LogP contribution in [0.1, 0.15) is 16.8 Å². The van der Waals surface area contributed by atoms with E-state index in [1.807, 2.05) is 43.3 Å². The van der Waals surface area contributed by atoms with Gasteiger partial charge in [0.05, 0.1) is 28.9 Å². The Balaban J connectivity index is 1.91. The van der Waals surface area contributed by atoms with Crippen molar-refractivity contribution in [3.05, 3.63) is 69.8 Å². The maximum Gasteiger partial charge on any atom is 0.164 e. The maximum absolute atomic E-state index is 8.96. The number of benzene rings is 2. The molecule has 1 aromatic heterocycles. The molecule has 0 spiro atoms. The third-order valence-electron chi connectivity index (χ3n) is 3.86. The second-order valence-electron chi connectivity index (χ2n) is 5.60. The average molecular weight is 410 g/mol. The van der Waals surface area contributed by atoms with Crippen LogP contribution in [0.5, 0.6) is 11.5 Å². The monoisotopic (exact) mass is 409 g/mol. The van der Waals surface area contributed by atoms with E-state index >= 15 is 0 Å². The Morgan fingerprint density at radius 1 is 1.04 bits per heavy atom. The highest BCUT2D eigenvalue weighted by molar-refractivity contribution is 9.10. The summed E-state index contributed by atoms with van der Waals surface area (Å²) in [4.78, 5) is 0. The van der Waals surface area contributed by atoms with Gasteiger partial charge in [-0.1, -0.05) is 24.3 Å². The molecule has 0 bridgehead atoms. The van der Waals surface area contributed by atoms with Crippen molar-refractivity contribution in [3.63, 3.8) is 0 Å². The van der Waals surface area contributed by atoms with Crippen LogP contribution < -0.4 is 9.47 Å². The summed E-state index contributed by atoms with van der Waals surface area (Å²) in [5.74, 6) is 1.42. The molecule has 0 aliphatic carbocycles. The molecule has 0 N–H and O–H groups in total. The van der Waals surface area contributed by atoms with Gasteiger partial charge in [0.1, 0.15) is 18.1 Å². The quantitative estimate of drug-likeness (QED) is 0.611. The minimum absolute atomic E-state index is 0.386. The van der Waals surface area contributed by atoms with Crippen LogP contribution in [0.4, 0.5) is 0 Å². The van der Waals surface area contributed by atoms with Gasteiger partial charge in [-0.2, -0.15) is 10.4 Å². The molecule has 0 amide bonds. The molecule has 0 saturated carbocycles. The molecular formula is C20H16BrN3O2. The van der Waals surface area contributed by atoms with E-state index in [0.717, 1.165) is 27.0 Å². The topological polar surface area (TPSA) is 68.0 Å². The molecule has 0 unspecified atom stereocenters. The molecule has 0 atom stereocenters. The van der Waals surface area contributed by atoms with Crippen molar-refractivity contribution < 1.29 is 9.47 Å². The lowest BCUT2D eigenvalue weighted by Gasteiger charge is -2.14. The van der Waals surface area contributed by atoms with E-state index < -0.39 is 0 Å². The van der Waals surface area contributed by atoms with Crippen LogP contribution >= 0.6 is 15.9 Å². The first-order chi connectivity index (χ1) is 12.6. The second-order valence-corrected chi connectivity index (χ2v) is 6.40. The van der Waals surface area contributed by atoms with Crippen LogP contribution in [0.15, 0.2) is 53.0 Å². The highest BCUT2D eigenvalue weighted by Crippen LogP contribution is 2.36. The van der Waals surface area contributed by atoms with Crippen molar-refractivity contribution in [3.8, 4) is 28.8 Å². The van der Waals surface area contributed by atoms with Crippen molar-refractivity contribution in [2.45, 2.75) is 13.5 Å². The molecule has 0 saturated heterocycles. The largest absolute Gasteiger partial charge is 0.497 e. The normalized spacial score (nSPS) is 10.2. The smallest absolute Gasteiger partial charge is 0.164 e. The van der Waals surface area contributed by atoms with Gasteiger partial charge in [0, 0.05) is 5.56 Å². The Hall–Kier alpha value is -2.91. The summed E-state index contributed by atoms with van der Waals surface area (Å²) in [7, 11) is 1.64. The van der Waals surface area contributed by atoms with Crippen molar-refractivity contribution >= 4 is 15.9 Å². The second kappa shape index (κ2) is 7.98. The lowest BCUT2D eigenvalue weighted by Crippen LogP contribution is -2.02. The SMILES string of the molecule is COc1ccc(COc2c(-c3ccc(C#N)cc3)nnc(C)c2Br)cc1. The van der Waals surface area contributed by atoms with E-state index in [-0.39, 0.29) is 0 Å². The third kappa shape index (κ3) is 3.84. The minimum atomic E-state index is 0.386. The fourth-order valence-electron chi connectivity index (χ4n) is 2.38. The number of hydrogen-bond acceptors (Lipinski definition) is 5. The standard InChI is InChI=1S/C20H16BrN3O2/c1-13-18(21)20(26-12-15-5-9-17(25-2)10-6-15)19(24-23-13)16-7-3-14(11-22)4-8-16/h3-10H,12H2,1-2H3. The Labute approximate surface area is 160 Å². The van der Waals surface area contributed by atoms with Gasteiger partial charge in [0.25, 0.3) is 0 Å². The van der Waals surface area contributed by atoms with Crippen LogP contribution in [-0.2, 0) is 6.61 Å². The summed E-state index contributed by atoms with van der Waals surface area (Å²) in [5.41, 5.74) is 3.81. The Bertz CT molecular complexity index is 949. The van der Waals surface area contributed by atoms with E-state index in [4.69, 9.17) is 14.7 Å². The number of aryl methyl sites for hydroxylation is 1. The van der Waals surface area contributed by atoms with E-state index in [2.05, 4.69) is 32.2 Å². The molecule has 0 aliphatic heterocycles. The van der Waals surface area contributed by atoms with E-state index in [9.17, 15) is 0 Å². The molecule has 26 heavy (non-hydrogen) atoms. The van der Waals surface area contributed by atoms with Crippen molar-refractivity contribution in [2.75, 3.05) is 7.11 Å². The van der Waals surface area contributed by atoms with Crippen LogP contribution in [-0.4, -0.2) is 17.3 Å². The molecule has 130 valence electrons. The summed E-state index contributed by atoms with van der Waals surface area (Å²) in [6.07, 6.45) is 0. The molecule has 0 aliphatic rings. The molecule has 0 radical (unpaired) electrons. The summed E-state index contributed by atoms with van der Waals surface area (Å²) in [6.45, 7) is 2.25. The highest BCUT2D eigenvalue weighted by Gasteiger charge is 2.16. The number of nitriles is 1. The molecular weight excluding hydrogens is 394 g/mol. The number of rotatable bonds is 5. The average Bonchev–Trinajstić information content (AvgIpc) is 2.69. The molecule has 2 aromatic carbocycles. The summed E-state index contributed by atoms with van der Waals surface area (Å²) in [5, 5.41) is 17.4. The zero-order chi connectivity index (χ0) is 18.5. The van der Waals surface area contributed by atoms with Crippen LogP contribution in [0.25, 0.3) is 11.3 Å². The van der Waals surface area contributed by atoms with Gasteiger partial charge in [-0.05, 0) is 52.7 Å². The van der Waals surface area contributed by atoms with Crippen molar-refractivity contribution in [1.29, 1.82) is 5.26 Å². The number of methoxy groups -OCH3 is 1. The lowest BCUT2D eigenvalue weighted by molar-refractivity contribution is 0.303. The van der Waals surface area contributed by atoms with Crippen LogP contribution in [0, 0.1) is 18.3 Å². The maximum atomic E-state index is 8.96. The Morgan fingerprint density at radius 2 is 1.73 bits per heavy atom. The molecule has 1 heterocycles. The molecule has 6 heteroatoms. The number of halogens is 1. The van der Waals surface area contributed by atoms with Gasteiger partial charge in [-0.25, -0.2) is 0 Å². The van der Waals surface area contributed by atoms with E-state index in [0.29, 0.717) is 23.6 Å². The highest BCUT2D eigenvalue weighted by atomic mass is 79.9. The minimum Gasteiger partial charge on any atom is -0.497 e. The fourth-order valence-corrected chi connectivity index (χ4v) is 2.76. The Morgan fingerprint density at radius 3 is 2.35 bits per heavy atom. The van der Waals surface area contributed by atoms with Crippen molar-refractivity contribution in [2.24, 2.45) is 0 Å². The number of nitrogens with zero attached hydrogens (tertiary/aromatic N) is 3. The molecule has 0 fully saturated rings. The number of aromatic nitrogens is 2. The first-order valence-corrected chi connectivity index (χ1v) is 8.70. The fraction of sp³-hybridized carbons (Fsp3) is 0.150. The van der Waals surface area contributed by atoms with Crippen molar-refractivity contribution in [1.82, 2.24) is 10.2 Å². The van der Waals surface area contributed by atoms with E-state index in [1.54, 1.807) is 19.2 Å². The first-order valence-electron chi connectivity index (χ1n) is 7.91. The van der Waals surface area contributed by atoms with Crippen LogP contribution in [0.2, 0.25) is 0 Å². The zero-order valence-electron chi connectivity index (χ0n) is 14.4. The first kappa shape index (κ1) is 17.9. The van der Waals surface area contributed by atoms with Gasteiger partial charge in [-0.15, -0.1) is 5.10 Å². The number of ether oxygens (including phenoxy) is 2. The zero-order valence-corrected chi connectivity index (χ0v) is 15.9. The predicted molar refractivity (Wildman–Crippen MR) is 102 cm³/mol. The number of hydrogen-bond donors (Lipinski definition) is 0. The van der Waals surface area contributed by atoms with Gasteiger partial charge in [-0.3, -0.25) is 0 Å². The third-order valence-corrected chi connectivity index (χ3v) is 4.80. The molecule has 3 aromatic rings. The molecule has 5 nitrogen and oxygen atoms in total. The van der Waals surface area contributed by atoms with Gasteiger partial charge < -0.3 is 9.47 Å². The lowest BCUT2D eigenvalue weighted by atomic mass is 10.1.